The normalized spacial score (nSPS) is 19.3. The van der Waals surface area contributed by atoms with E-state index in [4.69, 9.17) is 0 Å². The summed E-state index contributed by atoms with van der Waals surface area (Å²) >= 11 is 3.56. The summed E-state index contributed by atoms with van der Waals surface area (Å²) in [6.07, 6.45) is 2.09. The van der Waals surface area contributed by atoms with Gasteiger partial charge in [-0.25, -0.2) is 0 Å². The second kappa shape index (κ2) is 6.23. The number of aryl methyl sites for hydroxylation is 3. The predicted molar refractivity (Wildman–Crippen MR) is 85.9 cm³/mol. The largest absolute Gasteiger partial charge is 0.325 e. The average Bonchev–Trinajstić information content (AvgIpc) is 2.67. The molecule has 0 spiro atoms. The van der Waals surface area contributed by atoms with Crippen LogP contribution < -0.4 is 0 Å². The highest BCUT2D eigenvalue weighted by Crippen LogP contribution is 2.41. The number of carbonyl (C=O) groups excluding carboxylic acids is 1. The Morgan fingerprint density at radius 1 is 1.32 bits per heavy atom. The van der Waals surface area contributed by atoms with Gasteiger partial charge >= 0.3 is 0 Å². The van der Waals surface area contributed by atoms with E-state index in [0.29, 0.717) is 5.75 Å². The molecule has 0 radical (unpaired) electrons. The smallest absolute Gasteiger partial charge is 0.233 e. The lowest BCUT2D eigenvalue weighted by Crippen LogP contribution is -2.31. The minimum Gasteiger partial charge on any atom is -0.325 e. The van der Waals surface area contributed by atoms with Crippen molar-refractivity contribution in [3.05, 3.63) is 34.4 Å². The fraction of sp³-hybridized carbons (Fsp3) is 0.533. The van der Waals surface area contributed by atoms with E-state index in [-0.39, 0.29) is 11.3 Å². The van der Waals surface area contributed by atoms with E-state index in [0.717, 1.165) is 12.3 Å². The van der Waals surface area contributed by atoms with E-state index >= 15 is 0 Å². The van der Waals surface area contributed by atoms with Crippen LogP contribution in [0.15, 0.2) is 12.1 Å². The van der Waals surface area contributed by atoms with Crippen molar-refractivity contribution in [2.24, 2.45) is 0 Å². The topological polar surface area (TPSA) is 20.3 Å². The molecule has 2 nitrogen and oxygen atoms in total. The lowest BCUT2D eigenvalue weighted by Gasteiger charge is -2.27. The Morgan fingerprint density at radius 2 is 1.95 bits per heavy atom. The fourth-order valence-corrected chi connectivity index (χ4v) is 4.49. The van der Waals surface area contributed by atoms with Crippen LogP contribution in [0, 0.1) is 20.8 Å². The third kappa shape index (κ3) is 3.11. The molecule has 19 heavy (non-hydrogen) atoms. The van der Waals surface area contributed by atoms with Gasteiger partial charge in [-0.05, 0) is 43.7 Å². The molecule has 1 aromatic carbocycles. The van der Waals surface area contributed by atoms with Gasteiger partial charge in [0.15, 0.2) is 0 Å². The quantitative estimate of drug-likeness (QED) is 0.847. The first-order chi connectivity index (χ1) is 9.04. The van der Waals surface area contributed by atoms with Crippen molar-refractivity contribution in [1.82, 2.24) is 4.90 Å². The minimum absolute atomic E-state index is 0.209. The standard InChI is InChI=1S/C15H21NOS2/c1-10-7-11(2)14(12(3)8-10)15-16(5-6-18-4)13(17)9-19-15/h7-8,15H,5-6,9H2,1-4H3. The fourth-order valence-electron chi connectivity index (χ4n) is 2.71. The van der Waals surface area contributed by atoms with Crippen molar-refractivity contribution in [2.45, 2.75) is 26.1 Å². The summed E-state index contributed by atoms with van der Waals surface area (Å²) in [6, 6.07) is 4.44. The summed E-state index contributed by atoms with van der Waals surface area (Å²) in [5, 5.41) is 0.209. The van der Waals surface area contributed by atoms with Crippen LogP contribution in [0.25, 0.3) is 0 Å². The molecule has 1 heterocycles. The third-order valence-corrected chi connectivity index (χ3v) is 5.30. The summed E-state index contributed by atoms with van der Waals surface area (Å²) in [5.74, 6) is 1.90. The summed E-state index contributed by atoms with van der Waals surface area (Å²) in [5.41, 5.74) is 5.24. The van der Waals surface area contributed by atoms with Gasteiger partial charge in [0.2, 0.25) is 5.91 Å². The SMILES string of the molecule is CSCCN1C(=O)CSC1c1c(C)cc(C)cc1C. The summed E-state index contributed by atoms with van der Waals surface area (Å²) in [6.45, 7) is 7.30. The highest BCUT2D eigenvalue weighted by molar-refractivity contribution is 8.00. The van der Waals surface area contributed by atoms with Crippen LogP contribution >= 0.6 is 23.5 Å². The Bertz CT molecular complexity index is 464. The number of amides is 1. The molecule has 1 aliphatic heterocycles. The molecule has 1 saturated heterocycles. The second-order valence-electron chi connectivity index (χ2n) is 5.06. The molecule has 1 atom stereocenters. The molecule has 1 aromatic rings. The van der Waals surface area contributed by atoms with E-state index in [1.54, 1.807) is 23.5 Å². The highest BCUT2D eigenvalue weighted by atomic mass is 32.2. The van der Waals surface area contributed by atoms with E-state index in [1.165, 1.54) is 22.3 Å². The van der Waals surface area contributed by atoms with Crippen LogP contribution in [-0.2, 0) is 4.79 Å². The van der Waals surface area contributed by atoms with Gasteiger partial charge in [0.05, 0.1) is 5.75 Å². The number of hydrogen-bond acceptors (Lipinski definition) is 3. The first-order valence-electron chi connectivity index (χ1n) is 6.52. The molecule has 0 aliphatic carbocycles. The zero-order valence-corrected chi connectivity index (χ0v) is 13.7. The van der Waals surface area contributed by atoms with Crippen molar-refractivity contribution in [3.63, 3.8) is 0 Å². The zero-order valence-electron chi connectivity index (χ0n) is 12.0. The number of hydrogen-bond donors (Lipinski definition) is 0. The van der Waals surface area contributed by atoms with Crippen LogP contribution in [0.2, 0.25) is 0 Å². The molecule has 0 bridgehead atoms. The van der Waals surface area contributed by atoms with Crippen molar-refractivity contribution in [3.8, 4) is 0 Å². The third-order valence-electron chi connectivity index (χ3n) is 3.49. The molecule has 0 saturated carbocycles. The molecule has 1 unspecified atom stereocenters. The van der Waals surface area contributed by atoms with Crippen molar-refractivity contribution >= 4 is 29.4 Å². The van der Waals surface area contributed by atoms with Crippen LogP contribution in [-0.4, -0.2) is 35.1 Å². The van der Waals surface area contributed by atoms with Gasteiger partial charge in [-0.15, -0.1) is 11.8 Å². The molecular formula is C15H21NOS2. The van der Waals surface area contributed by atoms with E-state index in [1.807, 2.05) is 4.90 Å². The molecule has 1 aliphatic rings. The molecular weight excluding hydrogens is 274 g/mol. The number of thioether (sulfide) groups is 2. The molecule has 0 N–H and O–H groups in total. The molecule has 0 aromatic heterocycles. The number of rotatable bonds is 4. The average molecular weight is 295 g/mol. The maximum atomic E-state index is 12.0. The van der Waals surface area contributed by atoms with Gasteiger partial charge in [0.1, 0.15) is 5.37 Å². The summed E-state index contributed by atoms with van der Waals surface area (Å²) in [7, 11) is 0. The van der Waals surface area contributed by atoms with Gasteiger partial charge in [0, 0.05) is 12.3 Å². The molecule has 1 fully saturated rings. The number of nitrogens with zero attached hydrogens (tertiary/aromatic N) is 1. The maximum Gasteiger partial charge on any atom is 0.233 e. The lowest BCUT2D eigenvalue weighted by atomic mass is 9.99. The number of carbonyl (C=O) groups is 1. The van der Waals surface area contributed by atoms with E-state index < -0.39 is 0 Å². The first-order valence-corrected chi connectivity index (χ1v) is 8.96. The maximum absolute atomic E-state index is 12.0. The summed E-state index contributed by atoms with van der Waals surface area (Å²) < 4.78 is 0. The predicted octanol–water partition coefficient (Wildman–Crippen LogP) is 3.55. The van der Waals surface area contributed by atoms with Gasteiger partial charge in [0.25, 0.3) is 0 Å². The molecule has 104 valence electrons. The number of benzene rings is 1. The van der Waals surface area contributed by atoms with Gasteiger partial charge in [-0.1, -0.05) is 17.7 Å². The van der Waals surface area contributed by atoms with Crippen molar-refractivity contribution in [2.75, 3.05) is 24.3 Å². The minimum atomic E-state index is 0.209. The Morgan fingerprint density at radius 3 is 2.53 bits per heavy atom. The van der Waals surface area contributed by atoms with Crippen LogP contribution in [0.1, 0.15) is 27.6 Å². The Labute approximate surface area is 124 Å². The first kappa shape index (κ1) is 14.8. The van der Waals surface area contributed by atoms with E-state index in [2.05, 4.69) is 39.2 Å². The van der Waals surface area contributed by atoms with Crippen molar-refractivity contribution in [1.29, 1.82) is 0 Å². The van der Waals surface area contributed by atoms with Gasteiger partial charge in [-0.2, -0.15) is 11.8 Å². The molecule has 4 heteroatoms. The zero-order chi connectivity index (χ0) is 14.0. The van der Waals surface area contributed by atoms with Crippen molar-refractivity contribution < 1.29 is 4.79 Å². The highest BCUT2D eigenvalue weighted by Gasteiger charge is 2.33. The Kier molecular flexibility index (Phi) is 4.85. The van der Waals surface area contributed by atoms with Gasteiger partial charge in [-0.3, -0.25) is 4.79 Å². The van der Waals surface area contributed by atoms with Crippen LogP contribution in [0.4, 0.5) is 0 Å². The van der Waals surface area contributed by atoms with Crippen LogP contribution in [0.5, 0.6) is 0 Å². The molecule has 1 amide bonds. The van der Waals surface area contributed by atoms with E-state index in [9.17, 15) is 4.79 Å². The second-order valence-corrected chi connectivity index (χ2v) is 7.11. The Hall–Kier alpha value is -0.610. The Balaban J connectivity index is 2.32. The van der Waals surface area contributed by atoms with Crippen LogP contribution in [0.3, 0.4) is 0 Å². The monoisotopic (exact) mass is 295 g/mol. The molecule has 2 rings (SSSR count). The lowest BCUT2D eigenvalue weighted by molar-refractivity contribution is -0.127. The van der Waals surface area contributed by atoms with Gasteiger partial charge < -0.3 is 4.90 Å². The summed E-state index contributed by atoms with van der Waals surface area (Å²) in [4.78, 5) is 14.1.